The number of aryl methyl sites for hydroxylation is 1. The van der Waals surface area contributed by atoms with Gasteiger partial charge in [0.2, 0.25) is 10.0 Å². The lowest BCUT2D eigenvalue weighted by molar-refractivity contribution is 0.0943. The van der Waals surface area contributed by atoms with Crippen LogP contribution >= 0.6 is 0 Å². The van der Waals surface area contributed by atoms with Crippen LogP contribution in [-0.4, -0.2) is 59.7 Å². The average molecular weight is 550 g/mol. The number of fused-ring (bicyclic) bond motifs is 1. The molecule has 202 valence electrons. The number of aromatic nitrogens is 2. The fraction of sp³-hybridized carbons (Fsp3) is 0.250. The van der Waals surface area contributed by atoms with Crippen molar-refractivity contribution in [3.8, 4) is 5.75 Å². The number of halogens is 1. The SMILES string of the molecule is Cc1ccc(CN2CCN(c3nc(C(=O)NCc4cccc(F)c4)c(O)c4ncccc34)S(=O)(=O)CC2)cc1. The van der Waals surface area contributed by atoms with Crippen LogP contribution in [0.3, 0.4) is 0 Å². The minimum atomic E-state index is -3.81. The summed E-state index contributed by atoms with van der Waals surface area (Å²) >= 11 is 0. The van der Waals surface area contributed by atoms with E-state index in [4.69, 9.17) is 0 Å². The quantitative estimate of drug-likeness (QED) is 0.379. The van der Waals surface area contributed by atoms with Crippen LogP contribution in [0.2, 0.25) is 0 Å². The first kappa shape index (κ1) is 26.5. The third-order valence-corrected chi connectivity index (χ3v) is 8.38. The van der Waals surface area contributed by atoms with Gasteiger partial charge in [-0.1, -0.05) is 42.0 Å². The van der Waals surface area contributed by atoms with E-state index < -0.39 is 27.5 Å². The van der Waals surface area contributed by atoms with E-state index >= 15 is 0 Å². The van der Waals surface area contributed by atoms with Gasteiger partial charge in [0.15, 0.2) is 17.3 Å². The van der Waals surface area contributed by atoms with Gasteiger partial charge in [0.05, 0.1) is 5.75 Å². The van der Waals surface area contributed by atoms with Crippen molar-refractivity contribution in [2.75, 3.05) is 29.7 Å². The van der Waals surface area contributed by atoms with Gasteiger partial charge in [-0.25, -0.2) is 17.8 Å². The normalized spacial score (nSPS) is 15.7. The van der Waals surface area contributed by atoms with Gasteiger partial charge in [-0.15, -0.1) is 0 Å². The van der Waals surface area contributed by atoms with Crippen LogP contribution in [0.1, 0.15) is 27.2 Å². The molecular formula is C28H28FN5O4S. The number of aromatic hydroxyl groups is 1. The molecule has 0 aliphatic carbocycles. The lowest BCUT2D eigenvalue weighted by Crippen LogP contribution is -2.35. The molecular weight excluding hydrogens is 521 g/mol. The monoisotopic (exact) mass is 549 g/mol. The Morgan fingerprint density at radius 2 is 1.85 bits per heavy atom. The Morgan fingerprint density at radius 1 is 1.05 bits per heavy atom. The van der Waals surface area contributed by atoms with Gasteiger partial charge in [-0.2, -0.15) is 0 Å². The van der Waals surface area contributed by atoms with Crippen molar-refractivity contribution >= 4 is 32.7 Å². The molecule has 0 bridgehead atoms. The van der Waals surface area contributed by atoms with Gasteiger partial charge in [-0.3, -0.25) is 19.0 Å². The number of carbonyl (C=O) groups is 1. The van der Waals surface area contributed by atoms with Crippen LogP contribution in [0.25, 0.3) is 10.9 Å². The minimum absolute atomic E-state index is 0.0106. The van der Waals surface area contributed by atoms with Crippen molar-refractivity contribution in [1.29, 1.82) is 0 Å². The molecule has 1 aliphatic rings. The number of anilines is 1. The minimum Gasteiger partial charge on any atom is -0.504 e. The molecule has 0 unspecified atom stereocenters. The first-order chi connectivity index (χ1) is 18.7. The molecule has 0 saturated carbocycles. The number of amides is 1. The van der Waals surface area contributed by atoms with Crippen molar-refractivity contribution in [1.82, 2.24) is 20.2 Å². The summed E-state index contributed by atoms with van der Waals surface area (Å²) in [6.07, 6.45) is 1.44. The fourth-order valence-corrected chi connectivity index (χ4v) is 6.02. The lowest BCUT2D eigenvalue weighted by atomic mass is 10.1. The fourth-order valence-electron chi connectivity index (χ4n) is 4.55. The molecule has 0 atom stereocenters. The first-order valence-electron chi connectivity index (χ1n) is 12.5. The summed E-state index contributed by atoms with van der Waals surface area (Å²) in [5.74, 6) is -1.74. The van der Waals surface area contributed by atoms with E-state index in [1.807, 2.05) is 31.2 Å². The topological polar surface area (TPSA) is 116 Å². The zero-order valence-electron chi connectivity index (χ0n) is 21.3. The molecule has 11 heteroatoms. The van der Waals surface area contributed by atoms with Crippen molar-refractivity contribution in [2.24, 2.45) is 0 Å². The Balaban J connectivity index is 1.45. The Kier molecular flexibility index (Phi) is 7.45. The van der Waals surface area contributed by atoms with Gasteiger partial charge in [-0.05, 0) is 42.3 Å². The molecule has 9 nitrogen and oxygen atoms in total. The van der Waals surface area contributed by atoms with Crippen molar-refractivity contribution in [3.05, 3.63) is 95.1 Å². The number of hydrogen-bond acceptors (Lipinski definition) is 7. The van der Waals surface area contributed by atoms with Gasteiger partial charge < -0.3 is 10.4 Å². The maximum atomic E-state index is 13.5. The predicted octanol–water partition coefficient (Wildman–Crippen LogP) is 3.36. The first-order valence-corrected chi connectivity index (χ1v) is 14.1. The second-order valence-electron chi connectivity index (χ2n) is 9.49. The largest absolute Gasteiger partial charge is 0.504 e. The Hall–Kier alpha value is -4.09. The number of rotatable bonds is 6. The van der Waals surface area contributed by atoms with Crippen LogP contribution in [0.5, 0.6) is 5.75 Å². The van der Waals surface area contributed by atoms with Crippen molar-refractivity contribution in [3.63, 3.8) is 0 Å². The molecule has 0 radical (unpaired) electrons. The van der Waals surface area contributed by atoms with Crippen LogP contribution in [0.15, 0.2) is 66.9 Å². The molecule has 0 spiro atoms. The summed E-state index contributed by atoms with van der Waals surface area (Å²) in [6, 6.07) is 17.1. The second kappa shape index (κ2) is 11.0. The van der Waals surface area contributed by atoms with Gasteiger partial charge in [0.25, 0.3) is 5.91 Å². The van der Waals surface area contributed by atoms with Crippen LogP contribution < -0.4 is 9.62 Å². The zero-order valence-corrected chi connectivity index (χ0v) is 22.2. The van der Waals surface area contributed by atoms with Crippen molar-refractivity contribution < 1.29 is 22.7 Å². The molecule has 1 saturated heterocycles. The van der Waals surface area contributed by atoms with E-state index in [0.717, 1.165) is 11.1 Å². The molecule has 3 heterocycles. The van der Waals surface area contributed by atoms with E-state index in [1.165, 1.54) is 28.7 Å². The predicted molar refractivity (Wildman–Crippen MR) is 146 cm³/mol. The number of hydrogen-bond donors (Lipinski definition) is 2. The number of nitrogens with one attached hydrogen (secondary N) is 1. The van der Waals surface area contributed by atoms with E-state index in [0.29, 0.717) is 30.6 Å². The number of sulfonamides is 1. The molecule has 5 rings (SSSR count). The summed E-state index contributed by atoms with van der Waals surface area (Å²) in [5.41, 5.74) is 2.46. The number of benzene rings is 2. The number of pyridine rings is 2. The smallest absolute Gasteiger partial charge is 0.274 e. The maximum absolute atomic E-state index is 13.5. The zero-order chi connectivity index (χ0) is 27.6. The van der Waals surface area contributed by atoms with Crippen LogP contribution in [-0.2, 0) is 23.1 Å². The maximum Gasteiger partial charge on any atom is 0.274 e. The summed E-state index contributed by atoms with van der Waals surface area (Å²) < 4.78 is 41.6. The van der Waals surface area contributed by atoms with E-state index in [2.05, 4.69) is 20.2 Å². The highest BCUT2D eigenvalue weighted by Crippen LogP contribution is 2.34. The summed E-state index contributed by atoms with van der Waals surface area (Å²) in [5, 5.41) is 13.8. The van der Waals surface area contributed by atoms with Gasteiger partial charge in [0, 0.05) is 44.3 Å². The summed E-state index contributed by atoms with van der Waals surface area (Å²) in [4.78, 5) is 23.7. The molecule has 1 fully saturated rings. The Morgan fingerprint density at radius 3 is 2.62 bits per heavy atom. The van der Waals surface area contributed by atoms with Gasteiger partial charge in [0.1, 0.15) is 11.3 Å². The molecule has 39 heavy (non-hydrogen) atoms. The average Bonchev–Trinajstić information content (AvgIpc) is 3.07. The highest BCUT2D eigenvalue weighted by Gasteiger charge is 2.32. The third kappa shape index (κ3) is 5.84. The standard InChI is InChI=1S/C28H28FN5O4S/c1-19-7-9-20(10-8-19)18-33-12-13-34(39(37,38)15-14-33)27-23-6-3-11-30-24(23)26(35)25(32-27)28(36)31-17-21-4-2-5-22(29)16-21/h2-11,16,35H,12-15,17-18H2,1H3,(H,31,36). The van der Waals surface area contributed by atoms with Crippen molar-refractivity contribution in [2.45, 2.75) is 20.0 Å². The van der Waals surface area contributed by atoms with Gasteiger partial charge >= 0.3 is 0 Å². The van der Waals surface area contributed by atoms with Crippen LogP contribution in [0, 0.1) is 12.7 Å². The number of nitrogens with zero attached hydrogens (tertiary/aromatic N) is 4. The van der Waals surface area contributed by atoms with E-state index in [-0.39, 0.29) is 35.9 Å². The van der Waals surface area contributed by atoms with E-state index in [1.54, 1.807) is 18.2 Å². The second-order valence-corrected chi connectivity index (χ2v) is 11.5. The molecule has 1 aliphatic heterocycles. The molecule has 1 amide bonds. The third-order valence-electron chi connectivity index (χ3n) is 6.66. The Labute approximate surface area is 226 Å². The Bertz CT molecular complexity index is 1630. The molecule has 2 aromatic carbocycles. The summed E-state index contributed by atoms with van der Waals surface area (Å²) in [6.45, 7) is 3.49. The molecule has 4 aromatic rings. The van der Waals surface area contributed by atoms with Crippen LogP contribution in [0.4, 0.5) is 10.2 Å². The highest BCUT2D eigenvalue weighted by atomic mass is 32.2. The molecule has 2 N–H and O–H groups in total. The van der Waals surface area contributed by atoms with E-state index in [9.17, 15) is 22.7 Å². The lowest BCUT2D eigenvalue weighted by Gasteiger charge is -2.24. The molecule has 2 aromatic heterocycles. The highest BCUT2D eigenvalue weighted by molar-refractivity contribution is 7.92. The number of carbonyl (C=O) groups excluding carboxylic acids is 1. The summed E-state index contributed by atoms with van der Waals surface area (Å²) in [7, 11) is -3.81.